The second-order valence-electron chi connectivity index (χ2n) is 7.48. The topological polar surface area (TPSA) is 62.3 Å². The molecule has 1 aromatic heterocycles. The van der Waals surface area contributed by atoms with E-state index in [4.69, 9.17) is 0 Å². The molecule has 0 saturated heterocycles. The number of sulfonamides is 1. The van der Waals surface area contributed by atoms with Crippen LogP contribution in [0.15, 0.2) is 41.4 Å². The van der Waals surface area contributed by atoms with E-state index in [1.807, 2.05) is 33.8 Å². The number of fused-ring (bicyclic) bond motifs is 1. The van der Waals surface area contributed by atoms with E-state index in [2.05, 4.69) is 10.3 Å². The predicted octanol–water partition coefficient (Wildman–Crippen LogP) is 4.13. The maximum Gasteiger partial charge on any atom is 0.245 e. The summed E-state index contributed by atoms with van der Waals surface area (Å²) in [6.07, 6.45) is 3.13. The van der Waals surface area contributed by atoms with Crippen LogP contribution in [0, 0.1) is 5.82 Å². The summed E-state index contributed by atoms with van der Waals surface area (Å²) < 4.78 is 40.8. The lowest BCUT2D eigenvalue weighted by Gasteiger charge is -2.29. The highest BCUT2D eigenvalue weighted by molar-refractivity contribution is 7.89. The Labute approximate surface area is 160 Å². The highest BCUT2D eigenvalue weighted by Crippen LogP contribution is 2.34. The third-order valence-corrected chi connectivity index (χ3v) is 7.07. The Bertz CT molecular complexity index is 903. The number of aromatic nitrogens is 1. The van der Waals surface area contributed by atoms with E-state index >= 15 is 0 Å². The van der Waals surface area contributed by atoms with Crippen LogP contribution in [0.4, 0.5) is 10.2 Å². The van der Waals surface area contributed by atoms with Crippen molar-refractivity contribution >= 4 is 15.8 Å². The second kappa shape index (κ2) is 7.56. The predicted molar refractivity (Wildman–Crippen MR) is 105 cm³/mol. The van der Waals surface area contributed by atoms with E-state index in [-0.39, 0.29) is 28.8 Å². The number of aryl methyl sites for hydroxylation is 1. The Morgan fingerprint density at radius 3 is 2.44 bits per heavy atom. The molecule has 1 heterocycles. The van der Waals surface area contributed by atoms with Crippen LogP contribution < -0.4 is 5.32 Å². The van der Waals surface area contributed by atoms with Gasteiger partial charge in [0, 0.05) is 18.3 Å². The molecule has 2 aromatic rings. The summed E-state index contributed by atoms with van der Waals surface area (Å²) >= 11 is 0. The Hall–Kier alpha value is -1.99. The third kappa shape index (κ3) is 3.99. The molecule has 1 unspecified atom stereocenters. The summed E-state index contributed by atoms with van der Waals surface area (Å²) in [5.74, 6) is 0.330. The molecule has 3 rings (SSSR count). The van der Waals surface area contributed by atoms with Crippen molar-refractivity contribution in [3.63, 3.8) is 0 Å². The van der Waals surface area contributed by atoms with Crippen molar-refractivity contribution in [2.24, 2.45) is 0 Å². The highest BCUT2D eigenvalue weighted by atomic mass is 32.2. The van der Waals surface area contributed by atoms with Gasteiger partial charge in [0.05, 0.1) is 6.04 Å². The van der Waals surface area contributed by atoms with Crippen LogP contribution in [-0.2, 0) is 16.4 Å². The quantitative estimate of drug-likeness (QED) is 0.804. The fourth-order valence-corrected chi connectivity index (χ4v) is 5.57. The highest BCUT2D eigenvalue weighted by Gasteiger charge is 2.30. The third-order valence-electron chi connectivity index (χ3n) is 4.84. The molecular weight excluding hydrogens is 365 g/mol. The standard InChI is InChI=1S/C20H26FN3O2S/c1-13(2)24(14(3)4)27(25,26)17-8-10-20(22-12-17)23-19-9-6-15-5-7-16(21)11-18(15)19/h5,7-8,10-14,19H,6,9H2,1-4H3,(H,22,23). The van der Waals surface area contributed by atoms with E-state index < -0.39 is 10.0 Å². The molecule has 0 amide bonds. The molecule has 1 aromatic carbocycles. The number of pyridine rings is 1. The summed E-state index contributed by atoms with van der Waals surface area (Å²) in [7, 11) is -3.60. The first-order valence-corrected chi connectivity index (χ1v) is 10.7. The lowest BCUT2D eigenvalue weighted by molar-refractivity contribution is 0.302. The zero-order valence-electron chi connectivity index (χ0n) is 16.1. The molecule has 0 radical (unpaired) electrons. The van der Waals surface area contributed by atoms with Crippen molar-refractivity contribution in [1.82, 2.24) is 9.29 Å². The number of rotatable bonds is 6. The Balaban J connectivity index is 1.80. The van der Waals surface area contributed by atoms with E-state index in [1.165, 1.54) is 16.6 Å². The van der Waals surface area contributed by atoms with Gasteiger partial charge >= 0.3 is 0 Å². The van der Waals surface area contributed by atoms with Crippen molar-refractivity contribution in [3.8, 4) is 0 Å². The number of benzene rings is 1. The van der Waals surface area contributed by atoms with Gasteiger partial charge < -0.3 is 5.32 Å². The normalized spacial score (nSPS) is 17.0. The van der Waals surface area contributed by atoms with E-state index in [0.717, 1.165) is 24.0 Å². The summed E-state index contributed by atoms with van der Waals surface area (Å²) in [5.41, 5.74) is 2.08. The van der Waals surface area contributed by atoms with Gasteiger partial charge in [0.1, 0.15) is 16.5 Å². The van der Waals surface area contributed by atoms with Gasteiger partial charge in [-0.05, 0) is 75.9 Å². The van der Waals surface area contributed by atoms with Gasteiger partial charge in [-0.15, -0.1) is 0 Å². The zero-order chi connectivity index (χ0) is 19.8. The number of hydrogen-bond donors (Lipinski definition) is 1. The summed E-state index contributed by atoms with van der Waals surface area (Å²) in [5, 5.41) is 3.29. The molecule has 1 atom stereocenters. The minimum absolute atomic E-state index is 0.0199. The molecule has 0 fully saturated rings. The first-order valence-electron chi connectivity index (χ1n) is 9.24. The number of anilines is 1. The van der Waals surface area contributed by atoms with Gasteiger partial charge in [-0.2, -0.15) is 4.31 Å². The van der Waals surface area contributed by atoms with Gasteiger partial charge in [-0.3, -0.25) is 0 Å². The smallest absolute Gasteiger partial charge is 0.245 e. The van der Waals surface area contributed by atoms with Crippen LogP contribution in [-0.4, -0.2) is 29.8 Å². The van der Waals surface area contributed by atoms with E-state index in [0.29, 0.717) is 5.82 Å². The van der Waals surface area contributed by atoms with Gasteiger partial charge in [0.15, 0.2) is 0 Å². The fourth-order valence-electron chi connectivity index (χ4n) is 3.79. The van der Waals surface area contributed by atoms with Crippen LogP contribution in [0.25, 0.3) is 0 Å². The van der Waals surface area contributed by atoms with Crippen molar-refractivity contribution < 1.29 is 12.8 Å². The van der Waals surface area contributed by atoms with Crippen molar-refractivity contribution in [2.75, 3.05) is 5.32 Å². The van der Waals surface area contributed by atoms with Crippen LogP contribution >= 0.6 is 0 Å². The minimum atomic E-state index is -3.60. The summed E-state index contributed by atoms with van der Waals surface area (Å²) in [6, 6.07) is 7.80. The molecule has 0 spiro atoms. The molecule has 7 heteroatoms. The monoisotopic (exact) mass is 391 g/mol. The summed E-state index contributed by atoms with van der Waals surface area (Å²) in [6.45, 7) is 7.43. The minimum Gasteiger partial charge on any atom is -0.363 e. The average molecular weight is 392 g/mol. The van der Waals surface area contributed by atoms with Crippen molar-refractivity contribution in [2.45, 2.75) is 63.6 Å². The molecule has 5 nitrogen and oxygen atoms in total. The number of nitrogens with zero attached hydrogens (tertiary/aromatic N) is 2. The van der Waals surface area contributed by atoms with Crippen LogP contribution in [0.5, 0.6) is 0 Å². The van der Waals surface area contributed by atoms with Gasteiger partial charge in [0.25, 0.3) is 0 Å². The number of halogens is 1. The Morgan fingerprint density at radius 1 is 1.15 bits per heavy atom. The molecule has 27 heavy (non-hydrogen) atoms. The van der Waals surface area contributed by atoms with Crippen molar-refractivity contribution in [1.29, 1.82) is 0 Å². The maximum atomic E-state index is 13.5. The average Bonchev–Trinajstić information content (AvgIpc) is 2.96. The Morgan fingerprint density at radius 2 is 1.85 bits per heavy atom. The largest absolute Gasteiger partial charge is 0.363 e. The van der Waals surface area contributed by atoms with Crippen LogP contribution in [0.3, 0.4) is 0 Å². The lowest BCUT2D eigenvalue weighted by atomic mass is 10.1. The molecule has 1 aliphatic carbocycles. The van der Waals surface area contributed by atoms with Gasteiger partial charge in [0.2, 0.25) is 10.0 Å². The van der Waals surface area contributed by atoms with E-state index in [1.54, 1.807) is 18.2 Å². The molecule has 0 aliphatic heterocycles. The first kappa shape index (κ1) is 19.8. The molecule has 0 saturated carbocycles. The molecule has 1 N–H and O–H groups in total. The second-order valence-corrected chi connectivity index (χ2v) is 9.32. The van der Waals surface area contributed by atoms with Gasteiger partial charge in [-0.1, -0.05) is 6.07 Å². The molecule has 1 aliphatic rings. The number of nitrogens with one attached hydrogen (secondary N) is 1. The molecule has 0 bridgehead atoms. The summed E-state index contributed by atoms with van der Waals surface area (Å²) in [4.78, 5) is 4.47. The van der Waals surface area contributed by atoms with Gasteiger partial charge in [-0.25, -0.2) is 17.8 Å². The number of hydrogen-bond acceptors (Lipinski definition) is 4. The van der Waals surface area contributed by atoms with E-state index in [9.17, 15) is 12.8 Å². The van der Waals surface area contributed by atoms with Crippen LogP contribution in [0.1, 0.15) is 51.3 Å². The molecular formula is C20H26FN3O2S. The first-order chi connectivity index (χ1) is 12.7. The molecule has 146 valence electrons. The maximum absolute atomic E-state index is 13.5. The fraction of sp³-hybridized carbons (Fsp3) is 0.450. The Kier molecular flexibility index (Phi) is 5.53. The van der Waals surface area contributed by atoms with Crippen LogP contribution in [0.2, 0.25) is 0 Å². The lowest BCUT2D eigenvalue weighted by Crippen LogP contribution is -2.41. The van der Waals surface area contributed by atoms with Crippen molar-refractivity contribution in [3.05, 3.63) is 53.5 Å². The zero-order valence-corrected chi connectivity index (χ0v) is 16.9. The SMILES string of the molecule is CC(C)N(C(C)C)S(=O)(=O)c1ccc(NC2CCc3ccc(F)cc32)nc1.